The van der Waals surface area contributed by atoms with Crippen LogP contribution < -0.4 is 10.2 Å². The van der Waals surface area contributed by atoms with Crippen LogP contribution in [0.2, 0.25) is 0 Å². The van der Waals surface area contributed by atoms with Crippen LogP contribution in [-0.2, 0) is 0 Å². The van der Waals surface area contributed by atoms with Gasteiger partial charge >= 0.3 is 0 Å². The fourth-order valence-corrected chi connectivity index (χ4v) is 3.56. The number of nitrogens with one attached hydrogen (secondary N) is 1. The van der Waals surface area contributed by atoms with Crippen molar-refractivity contribution in [3.05, 3.63) is 77.2 Å². The summed E-state index contributed by atoms with van der Waals surface area (Å²) in [4.78, 5) is 17.2. The molecule has 4 rings (SSSR count). The number of benzene rings is 2. The van der Waals surface area contributed by atoms with E-state index >= 15 is 0 Å². The molecule has 0 saturated heterocycles. The van der Waals surface area contributed by atoms with Crippen molar-refractivity contribution in [3.63, 3.8) is 0 Å². The summed E-state index contributed by atoms with van der Waals surface area (Å²) in [6.07, 6.45) is 2.49. The van der Waals surface area contributed by atoms with E-state index in [0.29, 0.717) is 30.5 Å². The fraction of sp³-hybridized carbons (Fsp3) is 0.182. The number of fused-ring (bicyclic) bond motifs is 1. The van der Waals surface area contributed by atoms with Crippen LogP contribution >= 0.6 is 0 Å². The lowest BCUT2D eigenvalue weighted by atomic mass is 10.0. The van der Waals surface area contributed by atoms with Crippen molar-refractivity contribution in [2.75, 3.05) is 23.3 Å². The Labute approximate surface area is 166 Å². The first-order valence-electron chi connectivity index (χ1n) is 9.18. The maximum atomic E-state index is 14.3. The standard InChI is InChI=1S/C22H18F3N3O/c1-13(17-9-19(24)20(25)10-18(17)23)28-7-6-26-22-21(28)8-16(11-27-22)15-4-2-14(12-29)3-5-15/h2-5,8-13H,6-7H2,1H3,(H,26,27). The van der Waals surface area contributed by atoms with Crippen LogP contribution in [0.15, 0.2) is 48.7 Å². The maximum absolute atomic E-state index is 14.3. The molecular weight excluding hydrogens is 379 g/mol. The van der Waals surface area contributed by atoms with Gasteiger partial charge in [0.1, 0.15) is 17.9 Å². The van der Waals surface area contributed by atoms with Crippen molar-refractivity contribution in [3.8, 4) is 11.1 Å². The van der Waals surface area contributed by atoms with Crippen molar-refractivity contribution >= 4 is 17.8 Å². The number of nitrogens with zero attached hydrogens (tertiary/aromatic N) is 2. The Kier molecular flexibility index (Phi) is 4.96. The van der Waals surface area contributed by atoms with Crippen LogP contribution in [0.4, 0.5) is 24.7 Å². The number of anilines is 2. The molecule has 29 heavy (non-hydrogen) atoms. The highest BCUT2D eigenvalue weighted by Crippen LogP contribution is 2.37. The monoisotopic (exact) mass is 397 g/mol. The second kappa shape index (κ2) is 7.58. The van der Waals surface area contributed by atoms with Crippen LogP contribution in [0.25, 0.3) is 11.1 Å². The number of hydrogen-bond acceptors (Lipinski definition) is 4. The third-order valence-corrected chi connectivity index (χ3v) is 5.16. The predicted molar refractivity (Wildman–Crippen MR) is 106 cm³/mol. The average molecular weight is 397 g/mol. The van der Waals surface area contributed by atoms with Gasteiger partial charge in [-0.3, -0.25) is 4.79 Å². The van der Waals surface area contributed by atoms with E-state index in [1.165, 1.54) is 0 Å². The second-order valence-electron chi connectivity index (χ2n) is 6.92. The van der Waals surface area contributed by atoms with Gasteiger partial charge in [0, 0.05) is 42.0 Å². The molecular formula is C22H18F3N3O. The lowest BCUT2D eigenvalue weighted by Crippen LogP contribution is -2.36. The Hall–Kier alpha value is -3.35. The van der Waals surface area contributed by atoms with Crippen molar-refractivity contribution in [1.29, 1.82) is 0 Å². The minimum atomic E-state index is -1.21. The van der Waals surface area contributed by atoms with Gasteiger partial charge in [-0.15, -0.1) is 0 Å². The van der Waals surface area contributed by atoms with E-state index in [1.54, 1.807) is 25.3 Å². The number of pyridine rings is 1. The zero-order chi connectivity index (χ0) is 20.5. The van der Waals surface area contributed by atoms with Gasteiger partial charge in [0.25, 0.3) is 0 Å². The summed E-state index contributed by atoms with van der Waals surface area (Å²) in [7, 11) is 0. The summed E-state index contributed by atoms with van der Waals surface area (Å²) in [5.41, 5.74) is 3.10. The molecule has 4 nitrogen and oxygen atoms in total. The highest BCUT2D eigenvalue weighted by molar-refractivity contribution is 5.79. The molecule has 3 aromatic rings. The van der Waals surface area contributed by atoms with Crippen LogP contribution in [0.3, 0.4) is 0 Å². The molecule has 2 aromatic carbocycles. The SMILES string of the molecule is CC(c1cc(F)c(F)cc1F)N1CCNc2ncc(-c3ccc(C=O)cc3)cc21. The van der Waals surface area contributed by atoms with Gasteiger partial charge < -0.3 is 10.2 Å². The smallest absolute Gasteiger partial charge is 0.161 e. The Morgan fingerprint density at radius 2 is 1.76 bits per heavy atom. The quantitative estimate of drug-likeness (QED) is 0.499. The molecule has 0 bridgehead atoms. The summed E-state index contributed by atoms with van der Waals surface area (Å²) in [5.74, 6) is -2.43. The van der Waals surface area contributed by atoms with Gasteiger partial charge in [-0.05, 0) is 24.6 Å². The largest absolute Gasteiger partial charge is 0.367 e. The van der Waals surface area contributed by atoms with Crippen molar-refractivity contribution in [2.24, 2.45) is 0 Å². The molecule has 0 fully saturated rings. The summed E-state index contributed by atoms with van der Waals surface area (Å²) < 4.78 is 41.4. The third-order valence-electron chi connectivity index (χ3n) is 5.16. The Bertz CT molecular complexity index is 1070. The Morgan fingerprint density at radius 1 is 1.03 bits per heavy atom. The Morgan fingerprint density at radius 3 is 2.48 bits per heavy atom. The van der Waals surface area contributed by atoms with Crippen LogP contribution in [0, 0.1) is 17.5 Å². The normalized spacial score (nSPS) is 14.1. The molecule has 0 saturated carbocycles. The van der Waals surface area contributed by atoms with E-state index in [0.717, 1.165) is 29.2 Å². The first-order valence-corrected chi connectivity index (χ1v) is 9.18. The number of aldehydes is 1. The van der Waals surface area contributed by atoms with E-state index in [-0.39, 0.29) is 5.56 Å². The third kappa shape index (κ3) is 3.55. The zero-order valence-electron chi connectivity index (χ0n) is 15.6. The van der Waals surface area contributed by atoms with Gasteiger partial charge in [0.2, 0.25) is 0 Å². The molecule has 0 radical (unpaired) electrons. The summed E-state index contributed by atoms with van der Waals surface area (Å²) in [5, 5.41) is 3.20. The van der Waals surface area contributed by atoms with E-state index in [1.807, 2.05) is 23.1 Å². The molecule has 2 heterocycles. The molecule has 1 unspecified atom stereocenters. The number of rotatable bonds is 4. The highest BCUT2D eigenvalue weighted by atomic mass is 19.2. The van der Waals surface area contributed by atoms with E-state index in [4.69, 9.17) is 0 Å². The molecule has 1 aliphatic rings. The minimum Gasteiger partial charge on any atom is -0.367 e. The number of halogens is 3. The number of carbonyl (C=O) groups is 1. The molecule has 1 atom stereocenters. The number of hydrogen-bond donors (Lipinski definition) is 1. The van der Waals surface area contributed by atoms with Gasteiger partial charge in [-0.2, -0.15) is 0 Å². The summed E-state index contributed by atoms with van der Waals surface area (Å²) in [6.45, 7) is 2.88. The topological polar surface area (TPSA) is 45.2 Å². The molecule has 0 amide bonds. The van der Waals surface area contributed by atoms with Crippen LogP contribution in [0.5, 0.6) is 0 Å². The molecule has 148 valence electrons. The number of aromatic nitrogens is 1. The number of carbonyl (C=O) groups excluding carboxylic acids is 1. The van der Waals surface area contributed by atoms with Gasteiger partial charge in [0.05, 0.1) is 11.7 Å². The second-order valence-corrected chi connectivity index (χ2v) is 6.92. The first kappa shape index (κ1) is 19.0. The lowest BCUT2D eigenvalue weighted by Gasteiger charge is -2.36. The first-order chi connectivity index (χ1) is 14.0. The summed E-state index contributed by atoms with van der Waals surface area (Å²) in [6, 6.07) is 9.96. The van der Waals surface area contributed by atoms with Gasteiger partial charge in [-0.25, -0.2) is 18.2 Å². The minimum absolute atomic E-state index is 0.0810. The molecule has 1 N–H and O–H groups in total. The fourth-order valence-electron chi connectivity index (χ4n) is 3.56. The maximum Gasteiger partial charge on any atom is 0.161 e. The predicted octanol–water partition coefficient (Wildman–Crippen LogP) is 4.97. The molecule has 1 aromatic heterocycles. The average Bonchev–Trinajstić information content (AvgIpc) is 2.75. The lowest BCUT2D eigenvalue weighted by molar-refractivity contribution is 0.112. The van der Waals surface area contributed by atoms with Gasteiger partial charge in [-0.1, -0.05) is 24.3 Å². The summed E-state index contributed by atoms with van der Waals surface area (Å²) >= 11 is 0. The Balaban J connectivity index is 1.73. The van der Waals surface area contributed by atoms with Crippen molar-refractivity contribution in [1.82, 2.24) is 4.98 Å². The zero-order valence-corrected chi connectivity index (χ0v) is 15.6. The van der Waals surface area contributed by atoms with Gasteiger partial charge in [0.15, 0.2) is 11.6 Å². The van der Waals surface area contributed by atoms with E-state index in [9.17, 15) is 18.0 Å². The molecule has 1 aliphatic heterocycles. The van der Waals surface area contributed by atoms with Crippen molar-refractivity contribution in [2.45, 2.75) is 13.0 Å². The van der Waals surface area contributed by atoms with E-state index in [2.05, 4.69) is 10.3 Å². The van der Waals surface area contributed by atoms with E-state index < -0.39 is 23.5 Å². The molecule has 0 aliphatic carbocycles. The van der Waals surface area contributed by atoms with Crippen LogP contribution in [0.1, 0.15) is 28.9 Å². The highest BCUT2D eigenvalue weighted by Gasteiger charge is 2.26. The molecule has 7 heteroatoms. The van der Waals surface area contributed by atoms with Crippen LogP contribution in [-0.4, -0.2) is 24.4 Å². The molecule has 0 spiro atoms. The van der Waals surface area contributed by atoms with Crippen molar-refractivity contribution < 1.29 is 18.0 Å².